The number of nitrogens with one attached hydrogen (secondary N) is 1. The summed E-state index contributed by atoms with van der Waals surface area (Å²) in [6.45, 7) is 7.03. The van der Waals surface area contributed by atoms with Crippen LogP contribution in [0.2, 0.25) is 0 Å². The van der Waals surface area contributed by atoms with Gasteiger partial charge in [0.2, 0.25) is 0 Å². The second kappa shape index (κ2) is 7.57. The summed E-state index contributed by atoms with van der Waals surface area (Å²) in [4.78, 5) is 4.53. The highest BCUT2D eigenvalue weighted by Crippen LogP contribution is 2.30. The fraction of sp³-hybridized carbons (Fsp3) is 0.353. The van der Waals surface area contributed by atoms with Gasteiger partial charge in [-0.1, -0.05) is 25.1 Å². The van der Waals surface area contributed by atoms with Crippen molar-refractivity contribution in [3.05, 3.63) is 58.3 Å². The second-order valence-electron chi connectivity index (χ2n) is 5.10. The molecule has 1 N–H and O–H groups in total. The van der Waals surface area contributed by atoms with E-state index >= 15 is 0 Å². The summed E-state index contributed by atoms with van der Waals surface area (Å²) in [6.07, 6.45) is 1.97. The Hall–Kier alpha value is -1.39. The van der Waals surface area contributed by atoms with Crippen LogP contribution in [0.15, 0.2) is 47.1 Å². The lowest BCUT2D eigenvalue weighted by atomic mass is 10.0. The average Bonchev–Trinajstić information content (AvgIpc) is 2.46. The van der Waals surface area contributed by atoms with E-state index in [1.54, 1.807) is 0 Å². The molecule has 0 saturated carbocycles. The number of pyridine rings is 1. The molecule has 0 radical (unpaired) electrons. The average molecular weight is 349 g/mol. The predicted molar refractivity (Wildman–Crippen MR) is 89.7 cm³/mol. The van der Waals surface area contributed by atoms with Gasteiger partial charge in [-0.3, -0.25) is 4.98 Å². The second-order valence-corrected chi connectivity index (χ2v) is 6.01. The molecule has 1 aromatic heterocycles. The SMILES string of the molecule is CCNC(c1ccc(Br)cn1)c1ccccc1OC(C)C. The maximum absolute atomic E-state index is 5.94. The Morgan fingerprint density at radius 2 is 1.95 bits per heavy atom. The molecule has 0 aliphatic rings. The number of aromatic nitrogens is 1. The molecule has 2 aromatic rings. The molecule has 0 spiro atoms. The molecule has 0 amide bonds. The van der Waals surface area contributed by atoms with Crippen LogP contribution in [-0.2, 0) is 0 Å². The lowest BCUT2D eigenvalue weighted by Crippen LogP contribution is -2.24. The first kappa shape index (κ1) is 16.0. The highest BCUT2D eigenvalue weighted by molar-refractivity contribution is 9.10. The molecule has 0 aliphatic carbocycles. The van der Waals surface area contributed by atoms with Crippen LogP contribution < -0.4 is 10.1 Å². The van der Waals surface area contributed by atoms with E-state index in [4.69, 9.17) is 4.74 Å². The first-order chi connectivity index (χ1) is 10.1. The Labute approximate surface area is 134 Å². The van der Waals surface area contributed by atoms with Gasteiger partial charge in [0.15, 0.2) is 0 Å². The highest BCUT2D eigenvalue weighted by atomic mass is 79.9. The van der Waals surface area contributed by atoms with Gasteiger partial charge in [0, 0.05) is 16.2 Å². The molecule has 0 fully saturated rings. The van der Waals surface area contributed by atoms with Gasteiger partial charge in [-0.15, -0.1) is 0 Å². The minimum atomic E-state index is 0.0260. The quantitative estimate of drug-likeness (QED) is 0.843. The van der Waals surface area contributed by atoms with Gasteiger partial charge in [-0.2, -0.15) is 0 Å². The third-order valence-electron chi connectivity index (χ3n) is 3.05. The fourth-order valence-corrected chi connectivity index (χ4v) is 2.45. The molecule has 1 aromatic carbocycles. The van der Waals surface area contributed by atoms with Gasteiger partial charge in [0.25, 0.3) is 0 Å². The molecule has 2 rings (SSSR count). The van der Waals surface area contributed by atoms with Crippen molar-refractivity contribution in [2.24, 2.45) is 0 Å². The van der Waals surface area contributed by atoms with Crippen molar-refractivity contribution in [2.75, 3.05) is 6.54 Å². The number of nitrogens with zero attached hydrogens (tertiary/aromatic N) is 1. The minimum Gasteiger partial charge on any atom is -0.491 e. The van der Waals surface area contributed by atoms with Crippen LogP contribution in [-0.4, -0.2) is 17.6 Å². The zero-order valence-electron chi connectivity index (χ0n) is 12.6. The molecule has 1 heterocycles. The number of benzene rings is 1. The summed E-state index contributed by atoms with van der Waals surface area (Å²) < 4.78 is 6.92. The normalized spacial score (nSPS) is 12.4. The molecule has 0 aliphatic heterocycles. The van der Waals surface area contributed by atoms with E-state index in [1.165, 1.54) is 0 Å². The number of rotatable bonds is 6. The zero-order chi connectivity index (χ0) is 15.2. The van der Waals surface area contributed by atoms with E-state index in [1.807, 2.05) is 50.4 Å². The van der Waals surface area contributed by atoms with Crippen LogP contribution in [0.1, 0.15) is 38.1 Å². The Morgan fingerprint density at radius 1 is 1.19 bits per heavy atom. The largest absolute Gasteiger partial charge is 0.491 e. The van der Waals surface area contributed by atoms with Crippen LogP contribution >= 0.6 is 15.9 Å². The minimum absolute atomic E-state index is 0.0260. The van der Waals surface area contributed by atoms with E-state index in [-0.39, 0.29) is 12.1 Å². The van der Waals surface area contributed by atoms with Crippen LogP contribution in [0.3, 0.4) is 0 Å². The molecule has 3 nitrogen and oxygen atoms in total. The number of hydrogen-bond donors (Lipinski definition) is 1. The maximum atomic E-state index is 5.94. The molecule has 1 unspecified atom stereocenters. The van der Waals surface area contributed by atoms with Gasteiger partial charge in [-0.05, 0) is 54.5 Å². The van der Waals surface area contributed by atoms with E-state index in [2.05, 4.69) is 39.2 Å². The van der Waals surface area contributed by atoms with Crippen molar-refractivity contribution >= 4 is 15.9 Å². The lowest BCUT2D eigenvalue weighted by Gasteiger charge is -2.22. The first-order valence-corrected chi connectivity index (χ1v) is 8.01. The molecule has 4 heteroatoms. The Balaban J connectivity index is 2.40. The van der Waals surface area contributed by atoms with Gasteiger partial charge in [-0.25, -0.2) is 0 Å². The molecule has 0 bridgehead atoms. The molecule has 112 valence electrons. The summed E-state index contributed by atoms with van der Waals surface area (Å²) >= 11 is 3.43. The summed E-state index contributed by atoms with van der Waals surface area (Å²) in [5, 5.41) is 3.49. The van der Waals surface area contributed by atoms with E-state index < -0.39 is 0 Å². The summed E-state index contributed by atoms with van der Waals surface area (Å²) in [7, 11) is 0. The maximum Gasteiger partial charge on any atom is 0.124 e. The van der Waals surface area contributed by atoms with Crippen molar-refractivity contribution in [1.29, 1.82) is 0 Å². The van der Waals surface area contributed by atoms with E-state index in [9.17, 15) is 0 Å². The van der Waals surface area contributed by atoms with Gasteiger partial charge in [0.1, 0.15) is 5.75 Å². The van der Waals surface area contributed by atoms with Gasteiger partial charge < -0.3 is 10.1 Å². The van der Waals surface area contributed by atoms with Crippen molar-refractivity contribution in [3.8, 4) is 5.75 Å². The van der Waals surface area contributed by atoms with Crippen LogP contribution in [0.25, 0.3) is 0 Å². The van der Waals surface area contributed by atoms with Crippen LogP contribution in [0.4, 0.5) is 0 Å². The van der Waals surface area contributed by atoms with Crippen molar-refractivity contribution in [3.63, 3.8) is 0 Å². The number of para-hydroxylation sites is 1. The van der Waals surface area contributed by atoms with Crippen molar-refractivity contribution in [2.45, 2.75) is 32.9 Å². The van der Waals surface area contributed by atoms with Gasteiger partial charge >= 0.3 is 0 Å². The molecule has 1 atom stereocenters. The highest BCUT2D eigenvalue weighted by Gasteiger charge is 2.19. The topological polar surface area (TPSA) is 34.2 Å². The predicted octanol–water partition coefficient (Wildman–Crippen LogP) is 4.33. The Bertz CT molecular complexity index is 569. The Kier molecular flexibility index (Phi) is 5.76. The monoisotopic (exact) mass is 348 g/mol. The third kappa shape index (κ3) is 4.29. The smallest absolute Gasteiger partial charge is 0.124 e. The Morgan fingerprint density at radius 3 is 2.57 bits per heavy atom. The number of ether oxygens (including phenoxy) is 1. The molecular formula is C17H21BrN2O. The standard InChI is InChI=1S/C17H21BrN2O/c1-4-19-17(15-10-9-13(18)11-20-15)14-7-5-6-8-16(14)21-12(2)3/h5-12,17,19H,4H2,1-3H3. The molecular weight excluding hydrogens is 328 g/mol. The van der Waals surface area contributed by atoms with Crippen LogP contribution in [0.5, 0.6) is 5.75 Å². The zero-order valence-corrected chi connectivity index (χ0v) is 14.2. The fourth-order valence-electron chi connectivity index (χ4n) is 2.22. The molecule has 21 heavy (non-hydrogen) atoms. The summed E-state index contributed by atoms with van der Waals surface area (Å²) in [5.41, 5.74) is 2.10. The molecule has 0 saturated heterocycles. The summed E-state index contributed by atoms with van der Waals surface area (Å²) in [5.74, 6) is 0.906. The third-order valence-corrected chi connectivity index (χ3v) is 3.52. The van der Waals surface area contributed by atoms with Crippen molar-refractivity contribution < 1.29 is 4.74 Å². The summed E-state index contributed by atoms with van der Waals surface area (Å²) in [6, 6.07) is 12.2. The number of hydrogen-bond acceptors (Lipinski definition) is 3. The first-order valence-electron chi connectivity index (χ1n) is 7.22. The van der Waals surface area contributed by atoms with E-state index in [0.717, 1.165) is 28.0 Å². The van der Waals surface area contributed by atoms with Crippen LogP contribution in [0, 0.1) is 0 Å². The van der Waals surface area contributed by atoms with Gasteiger partial charge in [0.05, 0.1) is 17.8 Å². The lowest BCUT2D eigenvalue weighted by molar-refractivity contribution is 0.238. The number of halogens is 1. The van der Waals surface area contributed by atoms with E-state index in [0.29, 0.717) is 0 Å². The van der Waals surface area contributed by atoms with Crippen molar-refractivity contribution in [1.82, 2.24) is 10.3 Å².